The summed E-state index contributed by atoms with van der Waals surface area (Å²) in [4.78, 5) is 26.3. The molecule has 0 saturated carbocycles. The number of thioether (sulfide) groups is 1. The van der Waals surface area contributed by atoms with Crippen molar-refractivity contribution in [3.05, 3.63) is 40.3 Å². The molecule has 9 nitrogen and oxygen atoms in total. The van der Waals surface area contributed by atoms with E-state index >= 15 is 0 Å². The van der Waals surface area contributed by atoms with Crippen molar-refractivity contribution in [2.45, 2.75) is 37.3 Å². The summed E-state index contributed by atoms with van der Waals surface area (Å²) >= 11 is 2.69. The van der Waals surface area contributed by atoms with E-state index in [1.807, 2.05) is 24.3 Å². The molecule has 1 aromatic carbocycles. The molecule has 1 aliphatic rings. The van der Waals surface area contributed by atoms with Crippen molar-refractivity contribution in [2.75, 3.05) is 25.3 Å². The van der Waals surface area contributed by atoms with Gasteiger partial charge in [0.1, 0.15) is 10.8 Å². The van der Waals surface area contributed by atoms with Crippen LogP contribution in [0.3, 0.4) is 0 Å². The number of tetrazole rings is 1. The maximum absolute atomic E-state index is 12.7. The van der Waals surface area contributed by atoms with Gasteiger partial charge in [-0.2, -0.15) is 4.68 Å². The third-order valence-corrected chi connectivity index (χ3v) is 7.28. The first-order valence-electron chi connectivity index (χ1n) is 10.2. The zero-order valence-electron chi connectivity index (χ0n) is 17.8. The number of rotatable bonds is 7. The van der Waals surface area contributed by atoms with Gasteiger partial charge in [0.15, 0.2) is 0 Å². The first kappa shape index (κ1) is 22.3. The maximum atomic E-state index is 12.7. The van der Waals surface area contributed by atoms with E-state index in [2.05, 4.69) is 20.8 Å². The van der Waals surface area contributed by atoms with Crippen LogP contribution in [-0.2, 0) is 22.4 Å². The molecule has 3 aromatic rings. The Labute approximate surface area is 193 Å². The lowest BCUT2D eigenvalue weighted by Gasteiger charge is -2.08. The fourth-order valence-electron chi connectivity index (χ4n) is 3.60. The Hall–Kier alpha value is -2.92. The highest BCUT2D eigenvalue weighted by Gasteiger charge is 2.26. The Morgan fingerprint density at radius 3 is 2.69 bits per heavy atom. The molecule has 0 fully saturated rings. The van der Waals surface area contributed by atoms with Gasteiger partial charge in [-0.3, -0.25) is 4.79 Å². The molecule has 0 saturated heterocycles. The van der Waals surface area contributed by atoms with Crippen molar-refractivity contribution >= 4 is 40.0 Å². The summed E-state index contributed by atoms with van der Waals surface area (Å²) in [7, 11) is 2.96. The predicted octanol–water partition coefficient (Wildman–Crippen LogP) is 3.52. The number of carbonyl (C=O) groups excluding carboxylic acids is 2. The zero-order chi connectivity index (χ0) is 22.5. The van der Waals surface area contributed by atoms with Crippen molar-refractivity contribution in [3.63, 3.8) is 0 Å². The number of nitrogens with one attached hydrogen (secondary N) is 1. The maximum Gasteiger partial charge on any atom is 0.341 e. The molecule has 2 aromatic heterocycles. The summed E-state index contributed by atoms with van der Waals surface area (Å²) < 4.78 is 11.7. The monoisotopic (exact) mass is 473 g/mol. The second-order valence-electron chi connectivity index (χ2n) is 7.17. The smallest absolute Gasteiger partial charge is 0.341 e. The van der Waals surface area contributed by atoms with Gasteiger partial charge in [0, 0.05) is 4.88 Å². The molecule has 11 heteroatoms. The number of methoxy groups -OCH3 is 2. The number of fused-ring (bicyclic) bond motifs is 1. The first-order chi connectivity index (χ1) is 15.6. The number of aromatic nitrogens is 4. The van der Waals surface area contributed by atoms with E-state index in [4.69, 9.17) is 9.47 Å². The van der Waals surface area contributed by atoms with Crippen LogP contribution in [0.4, 0.5) is 5.00 Å². The van der Waals surface area contributed by atoms with Gasteiger partial charge < -0.3 is 14.8 Å². The van der Waals surface area contributed by atoms with Crippen molar-refractivity contribution in [1.82, 2.24) is 20.2 Å². The molecule has 1 N–H and O–H groups in total. The van der Waals surface area contributed by atoms with Gasteiger partial charge in [-0.25, -0.2) is 4.79 Å². The van der Waals surface area contributed by atoms with Gasteiger partial charge >= 0.3 is 5.97 Å². The highest BCUT2D eigenvalue weighted by atomic mass is 32.2. The second-order valence-corrected chi connectivity index (χ2v) is 9.22. The lowest BCUT2D eigenvalue weighted by atomic mass is 10.1. The molecule has 4 rings (SSSR count). The van der Waals surface area contributed by atoms with Gasteiger partial charge in [0.05, 0.1) is 31.2 Å². The standard InChI is InChI=1S/C21H23N5O4S2/c1-29-14-10-8-13(9-11-14)26-21(23-24-25-26)31-12-17(27)22-19-18(20(28)30-2)15-6-4-3-5-7-16(15)32-19/h8-11H,3-7,12H2,1-2H3,(H,22,27). The third kappa shape index (κ3) is 4.78. The van der Waals surface area contributed by atoms with Crippen LogP contribution in [0, 0.1) is 0 Å². The quantitative estimate of drug-likeness (QED) is 0.315. The largest absolute Gasteiger partial charge is 0.497 e. The fourth-order valence-corrected chi connectivity index (χ4v) is 5.58. The second kappa shape index (κ2) is 10.1. The third-order valence-electron chi connectivity index (χ3n) is 5.15. The number of carbonyl (C=O) groups is 2. The summed E-state index contributed by atoms with van der Waals surface area (Å²) in [6.07, 6.45) is 5.02. The molecular formula is C21H23N5O4S2. The Kier molecular flexibility index (Phi) is 7.05. The minimum absolute atomic E-state index is 0.0969. The Morgan fingerprint density at radius 1 is 1.16 bits per heavy atom. The lowest BCUT2D eigenvalue weighted by molar-refractivity contribution is -0.113. The van der Waals surface area contributed by atoms with Gasteiger partial charge in [-0.1, -0.05) is 18.2 Å². The van der Waals surface area contributed by atoms with Crippen molar-refractivity contribution in [1.29, 1.82) is 0 Å². The molecule has 0 atom stereocenters. The zero-order valence-corrected chi connectivity index (χ0v) is 19.4. The molecule has 0 bridgehead atoms. The van der Waals surface area contributed by atoms with E-state index in [0.29, 0.717) is 15.7 Å². The van der Waals surface area contributed by atoms with Crippen LogP contribution in [-0.4, -0.2) is 52.1 Å². The Morgan fingerprint density at radius 2 is 1.94 bits per heavy atom. The highest BCUT2D eigenvalue weighted by Crippen LogP contribution is 2.38. The van der Waals surface area contributed by atoms with Crippen LogP contribution in [0.15, 0.2) is 29.4 Å². The summed E-state index contributed by atoms with van der Waals surface area (Å²) in [5.41, 5.74) is 2.27. The highest BCUT2D eigenvalue weighted by molar-refractivity contribution is 7.99. The van der Waals surface area contributed by atoms with Crippen molar-refractivity contribution in [2.24, 2.45) is 0 Å². The number of benzene rings is 1. The topological polar surface area (TPSA) is 108 Å². The number of thiophene rings is 1. The Balaban J connectivity index is 1.46. The minimum atomic E-state index is -0.407. The molecule has 2 heterocycles. The molecule has 1 aliphatic carbocycles. The van der Waals surface area contributed by atoms with Crippen LogP contribution in [0.5, 0.6) is 5.75 Å². The predicted molar refractivity (Wildman–Crippen MR) is 122 cm³/mol. The minimum Gasteiger partial charge on any atom is -0.497 e. The van der Waals surface area contributed by atoms with Crippen LogP contribution >= 0.6 is 23.1 Å². The summed E-state index contributed by atoms with van der Waals surface area (Å²) in [6.45, 7) is 0. The summed E-state index contributed by atoms with van der Waals surface area (Å²) in [6, 6.07) is 7.29. The number of amides is 1. The molecule has 1 amide bonds. The number of ether oxygens (including phenoxy) is 2. The van der Waals surface area contributed by atoms with Crippen LogP contribution in [0.2, 0.25) is 0 Å². The lowest BCUT2D eigenvalue weighted by Crippen LogP contribution is -2.16. The first-order valence-corrected chi connectivity index (χ1v) is 12.0. The number of anilines is 1. The summed E-state index contributed by atoms with van der Waals surface area (Å²) in [5, 5.41) is 15.7. The fraction of sp³-hybridized carbons (Fsp3) is 0.381. The summed E-state index contributed by atoms with van der Waals surface area (Å²) in [5.74, 6) is 0.183. The van der Waals surface area contributed by atoms with Crippen molar-refractivity contribution in [3.8, 4) is 11.4 Å². The number of hydrogen-bond acceptors (Lipinski definition) is 9. The van der Waals surface area contributed by atoms with Gasteiger partial charge in [0.25, 0.3) is 0 Å². The van der Waals surface area contributed by atoms with Crippen LogP contribution < -0.4 is 10.1 Å². The van der Waals surface area contributed by atoms with E-state index in [1.165, 1.54) is 30.2 Å². The molecule has 0 radical (unpaired) electrons. The number of esters is 1. The van der Waals surface area contributed by atoms with Gasteiger partial charge in [-0.15, -0.1) is 16.4 Å². The molecule has 0 spiro atoms. The van der Waals surface area contributed by atoms with Gasteiger partial charge in [-0.05, 0) is 65.9 Å². The molecule has 32 heavy (non-hydrogen) atoms. The van der Waals surface area contributed by atoms with Crippen molar-refractivity contribution < 1.29 is 19.1 Å². The van der Waals surface area contributed by atoms with Crippen LogP contribution in [0.1, 0.15) is 40.1 Å². The normalized spacial score (nSPS) is 13.2. The number of nitrogens with zero attached hydrogens (tertiary/aromatic N) is 4. The average Bonchev–Trinajstić information content (AvgIpc) is 3.35. The average molecular weight is 474 g/mol. The number of aryl methyl sites for hydroxylation is 1. The van der Waals surface area contributed by atoms with E-state index in [1.54, 1.807) is 11.8 Å². The SMILES string of the molecule is COC(=O)c1c(NC(=O)CSc2nnnn2-c2ccc(OC)cc2)sc2c1CCCCC2. The van der Waals surface area contributed by atoms with Gasteiger partial charge in [0.2, 0.25) is 11.1 Å². The molecule has 168 valence electrons. The molecule has 0 aliphatic heterocycles. The van der Waals surface area contributed by atoms with E-state index in [0.717, 1.165) is 54.0 Å². The Bertz CT molecular complexity index is 1110. The number of hydrogen-bond donors (Lipinski definition) is 1. The van der Waals surface area contributed by atoms with E-state index < -0.39 is 5.97 Å². The van der Waals surface area contributed by atoms with E-state index in [9.17, 15) is 9.59 Å². The molecule has 0 unspecified atom stereocenters. The van der Waals surface area contributed by atoms with E-state index in [-0.39, 0.29) is 11.7 Å². The molecular weight excluding hydrogens is 450 g/mol. The van der Waals surface area contributed by atoms with Crippen LogP contribution in [0.25, 0.3) is 5.69 Å².